The molecule has 0 saturated carbocycles. The molecule has 1 aromatic rings. The number of hydrogen-bond donors (Lipinski definition) is 1. The number of carboxylic acid groups (broad SMARTS) is 1. The molecule has 1 atom stereocenters. The summed E-state index contributed by atoms with van der Waals surface area (Å²) in [6.45, 7) is 6.66. The van der Waals surface area contributed by atoms with Crippen LogP contribution in [0.2, 0.25) is 0 Å². The lowest BCUT2D eigenvalue weighted by Gasteiger charge is -2.27. The van der Waals surface area contributed by atoms with Gasteiger partial charge in [-0.25, -0.2) is 0 Å². The van der Waals surface area contributed by atoms with E-state index in [2.05, 4.69) is 11.8 Å². The number of benzene rings is 1. The lowest BCUT2D eigenvalue weighted by molar-refractivity contribution is -0.140. The first kappa shape index (κ1) is 17.2. The van der Waals surface area contributed by atoms with Crippen LogP contribution in [0, 0.1) is 5.92 Å². The number of carboxylic acids is 1. The normalized spacial score (nSPS) is 12.0. The van der Waals surface area contributed by atoms with Crippen molar-refractivity contribution in [2.45, 2.75) is 40.0 Å². The van der Waals surface area contributed by atoms with Gasteiger partial charge in [0, 0.05) is 24.3 Å². The lowest BCUT2D eigenvalue weighted by Crippen LogP contribution is -2.32. The zero-order chi connectivity index (χ0) is 15.8. The number of carbonyl (C=O) groups is 2. The fourth-order valence-electron chi connectivity index (χ4n) is 2.21. The van der Waals surface area contributed by atoms with E-state index in [9.17, 15) is 9.59 Å². The Morgan fingerprint density at radius 1 is 1.29 bits per heavy atom. The number of rotatable bonds is 9. The summed E-state index contributed by atoms with van der Waals surface area (Å²) in [6, 6.07) is 7.43. The predicted molar refractivity (Wildman–Crippen MR) is 85.0 cm³/mol. The minimum absolute atomic E-state index is 0.0247. The van der Waals surface area contributed by atoms with Gasteiger partial charge in [0.1, 0.15) is 0 Å². The van der Waals surface area contributed by atoms with E-state index in [0.29, 0.717) is 12.1 Å². The fraction of sp³-hybridized carbons (Fsp3) is 0.529. The van der Waals surface area contributed by atoms with Crippen molar-refractivity contribution in [3.63, 3.8) is 0 Å². The summed E-state index contributed by atoms with van der Waals surface area (Å²) in [6.07, 6.45) is 3.26. The van der Waals surface area contributed by atoms with Crippen molar-refractivity contribution < 1.29 is 14.7 Å². The average molecular weight is 291 g/mol. The first-order chi connectivity index (χ1) is 9.95. The van der Waals surface area contributed by atoms with Crippen molar-refractivity contribution in [3.05, 3.63) is 29.8 Å². The first-order valence-corrected chi connectivity index (χ1v) is 7.54. The Bertz CT molecular complexity index is 485. The number of aliphatic carboxylic acids is 1. The highest BCUT2D eigenvalue weighted by molar-refractivity contribution is 5.95. The van der Waals surface area contributed by atoms with Crippen LogP contribution >= 0.6 is 0 Å². The Morgan fingerprint density at radius 2 is 2.00 bits per heavy atom. The molecule has 0 saturated heterocycles. The van der Waals surface area contributed by atoms with Crippen molar-refractivity contribution in [2.24, 2.45) is 5.92 Å². The van der Waals surface area contributed by atoms with E-state index in [4.69, 9.17) is 5.11 Å². The lowest BCUT2D eigenvalue weighted by atomic mass is 10.1. The second kappa shape index (κ2) is 8.45. The number of ketones is 1. The number of anilines is 1. The largest absolute Gasteiger partial charge is 0.481 e. The zero-order valence-corrected chi connectivity index (χ0v) is 13.1. The van der Waals surface area contributed by atoms with E-state index in [-0.39, 0.29) is 5.78 Å². The van der Waals surface area contributed by atoms with Crippen LogP contribution in [0.4, 0.5) is 5.69 Å². The summed E-state index contributed by atoms with van der Waals surface area (Å²) in [5.74, 6) is -1.21. The van der Waals surface area contributed by atoms with E-state index in [1.54, 1.807) is 19.9 Å². The molecule has 116 valence electrons. The molecule has 0 aliphatic heterocycles. The van der Waals surface area contributed by atoms with Crippen LogP contribution in [0.25, 0.3) is 0 Å². The molecule has 0 heterocycles. The van der Waals surface area contributed by atoms with Gasteiger partial charge in [-0.1, -0.05) is 38.8 Å². The molecule has 21 heavy (non-hydrogen) atoms. The average Bonchev–Trinajstić information content (AvgIpc) is 2.46. The van der Waals surface area contributed by atoms with E-state index < -0.39 is 11.9 Å². The van der Waals surface area contributed by atoms with Gasteiger partial charge in [0.2, 0.25) is 0 Å². The highest BCUT2D eigenvalue weighted by Crippen LogP contribution is 2.19. The molecule has 0 aliphatic rings. The maximum atomic E-state index is 11.5. The number of nitrogens with zero attached hydrogens (tertiary/aromatic N) is 1. The van der Waals surface area contributed by atoms with E-state index >= 15 is 0 Å². The molecule has 0 bridgehead atoms. The third-order valence-electron chi connectivity index (χ3n) is 3.57. The molecule has 1 aromatic carbocycles. The van der Waals surface area contributed by atoms with Gasteiger partial charge in [-0.2, -0.15) is 0 Å². The Labute approximate surface area is 126 Å². The van der Waals surface area contributed by atoms with Crippen LogP contribution in [-0.2, 0) is 4.79 Å². The molecule has 0 aliphatic carbocycles. The van der Waals surface area contributed by atoms with Gasteiger partial charge in [-0.15, -0.1) is 0 Å². The quantitative estimate of drug-likeness (QED) is 0.558. The van der Waals surface area contributed by atoms with Crippen LogP contribution in [-0.4, -0.2) is 29.9 Å². The maximum absolute atomic E-state index is 11.5. The molecule has 1 N–H and O–H groups in total. The Kier molecular flexibility index (Phi) is 6.92. The summed E-state index contributed by atoms with van der Waals surface area (Å²) in [5, 5.41) is 9.11. The van der Waals surface area contributed by atoms with Crippen LogP contribution in [0.5, 0.6) is 0 Å². The molecule has 4 heteroatoms. The van der Waals surface area contributed by atoms with Crippen LogP contribution in [0.1, 0.15) is 50.4 Å². The summed E-state index contributed by atoms with van der Waals surface area (Å²) in [4.78, 5) is 24.7. The maximum Gasteiger partial charge on any atom is 0.308 e. The highest BCUT2D eigenvalue weighted by atomic mass is 16.4. The summed E-state index contributed by atoms with van der Waals surface area (Å²) < 4.78 is 0. The molecule has 1 unspecified atom stereocenters. The molecular formula is C17H25NO3. The monoisotopic (exact) mass is 291 g/mol. The smallest absolute Gasteiger partial charge is 0.308 e. The molecule has 1 rings (SSSR count). The number of carbonyl (C=O) groups excluding carboxylic acids is 1. The number of Topliss-reactive ketones (excluding diaryl/α,β-unsaturated/α-hetero) is 1. The van der Waals surface area contributed by atoms with Gasteiger partial charge < -0.3 is 10.0 Å². The van der Waals surface area contributed by atoms with Crippen molar-refractivity contribution in [2.75, 3.05) is 18.0 Å². The predicted octanol–water partition coefficient (Wildman–Crippen LogP) is 3.61. The Balaban J connectivity index is 2.90. The van der Waals surface area contributed by atoms with E-state index in [1.807, 2.05) is 18.2 Å². The third kappa shape index (κ3) is 5.58. The van der Waals surface area contributed by atoms with Crippen LogP contribution in [0.15, 0.2) is 24.3 Å². The van der Waals surface area contributed by atoms with Crippen molar-refractivity contribution in [1.82, 2.24) is 0 Å². The highest BCUT2D eigenvalue weighted by Gasteiger charge is 2.17. The van der Waals surface area contributed by atoms with Gasteiger partial charge in [0.25, 0.3) is 0 Å². The van der Waals surface area contributed by atoms with Gasteiger partial charge in [-0.05, 0) is 25.5 Å². The summed E-state index contributed by atoms with van der Waals surface area (Å²) in [7, 11) is 0. The van der Waals surface area contributed by atoms with Crippen molar-refractivity contribution in [1.29, 1.82) is 0 Å². The number of hydrogen-bond acceptors (Lipinski definition) is 3. The molecule has 4 nitrogen and oxygen atoms in total. The second-order valence-corrected chi connectivity index (χ2v) is 5.50. The van der Waals surface area contributed by atoms with Crippen molar-refractivity contribution >= 4 is 17.4 Å². The molecule has 0 aromatic heterocycles. The van der Waals surface area contributed by atoms with Gasteiger partial charge in [0.15, 0.2) is 5.78 Å². The van der Waals surface area contributed by atoms with Gasteiger partial charge in [0.05, 0.1) is 5.92 Å². The first-order valence-electron chi connectivity index (χ1n) is 7.54. The van der Waals surface area contributed by atoms with Crippen molar-refractivity contribution in [3.8, 4) is 0 Å². The van der Waals surface area contributed by atoms with Crippen LogP contribution in [0.3, 0.4) is 0 Å². The minimum atomic E-state index is -0.793. The topological polar surface area (TPSA) is 57.6 Å². The molecule has 0 fully saturated rings. The molecule has 0 amide bonds. The summed E-state index contributed by atoms with van der Waals surface area (Å²) in [5.41, 5.74) is 1.59. The second-order valence-electron chi connectivity index (χ2n) is 5.50. The molecule has 0 radical (unpaired) electrons. The number of unbranched alkanes of at least 4 members (excludes halogenated alkanes) is 2. The molecular weight excluding hydrogens is 266 g/mol. The molecule has 0 spiro atoms. The van der Waals surface area contributed by atoms with Gasteiger partial charge in [-0.3, -0.25) is 9.59 Å². The Hall–Kier alpha value is -1.84. The SMILES string of the molecule is CCCCCN(CC(C)C(=O)O)c1cccc(C(C)=O)c1. The zero-order valence-electron chi connectivity index (χ0n) is 13.1. The standard InChI is InChI=1S/C17H25NO3/c1-4-5-6-10-18(12-13(2)17(20)21)16-9-7-8-15(11-16)14(3)19/h7-9,11,13H,4-6,10,12H2,1-3H3,(H,20,21). The van der Waals surface area contributed by atoms with Gasteiger partial charge >= 0.3 is 5.97 Å². The van der Waals surface area contributed by atoms with Crippen LogP contribution < -0.4 is 4.90 Å². The van der Waals surface area contributed by atoms with E-state index in [1.165, 1.54) is 0 Å². The van der Waals surface area contributed by atoms with E-state index in [0.717, 1.165) is 31.5 Å². The summed E-state index contributed by atoms with van der Waals surface area (Å²) >= 11 is 0. The third-order valence-corrected chi connectivity index (χ3v) is 3.57. The fourth-order valence-corrected chi connectivity index (χ4v) is 2.21. The minimum Gasteiger partial charge on any atom is -0.481 e. The Morgan fingerprint density at radius 3 is 2.57 bits per heavy atom.